The highest BCUT2D eigenvalue weighted by Crippen LogP contribution is 2.36. The molecule has 0 saturated heterocycles. The average molecular weight is 451 g/mol. The molecule has 0 spiro atoms. The smallest absolute Gasteiger partial charge is 0.235 e. The van der Waals surface area contributed by atoms with Crippen molar-refractivity contribution in [3.8, 4) is 17.6 Å². The molecule has 0 fully saturated rings. The van der Waals surface area contributed by atoms with E-state index in [-0.39, 0.29) is 11.1 Å². The Bertz CT molecular complexity index is 981. The van der Waals surface area contributed by atoms with Crippen molar-refractivity contribution in [2.75, 3.05) is 20.3 Å². The Labute approximate surface area is 193 Å². The number of hydrogen-bond acceptors (Lipinski definition) is 5. The highest BCUT2D eigenvalue weighted by Gasteiger charge is 2.36. The van der Waals surface area contributed by atoms with E-state index in [1.807, 2.05) is 24.3 Å². The van der Waals surface area contributed by atoms with Gasteiger partial charge < -0.3 is 13.9 Å². The summed E-state index contributed by atoms with van der Waals surface area (Å²) in [6.45, 7) is 12.5. The number of ether oxygens (including phenoxy) is 2. The normalized spacial score (nSPS) is 16.1. The molecule has 1 aliphatic rings. The van der Waals surface area contributed by atoms with Crippen LogP contribution in [-0.4, -0.2) is 45.6 Å². The average Bonchev–Trinajstić information content (AvgIpc) is 3.22. The van der Waals surface area contributed by atoms with E-state index in [2.05, 4.69) is 62.8 Å². The number of benzene rings is 1. The molecule has 0 bridgehead atoms. The number of hydrogen-bond donors (Lipinski definition) is 0. The number of pyridine rings is 1. The predicted octanol–water partition coefficient (Wildman–Crippen LogP) is 5.24. The Morgan fingerprint density at radius 2 is 1.88 bits per heavy atom. The van der Waals surface area contributed by atoms with Gasteiger partial charge in [0.05, 0.1) is 13.2 Å². The first-order valence-electron chi connectivity index (χ1n) is 11.1. The summed E-state index contributed by atoms with van der Waals surface area (Å²) in [4.78, 5) is 9.20. The third kappa shape index (κ3) is 6.44. The number of methoxy groups -OCH3 is 1. The van der Waals surface area contributed by atoms with Crippen LogP contribution in [0.15, 0.2) is 47.6 Å². The predicted molar refractivity (Wildman–Crippen MR) is 132 cm³/mol. The van der Waals surface area contributed by atoms with Crippen molar-refractivity contribution >= 4 is 14.2 Å². The standard InChI is InChI=1S/C26H34N2O3Si/c1-26(2,3)32(5,6)31-16-8-7-9-21-12-15-24(27-18-21)25-28-22(19-30-25)17-20-10-13-23(29-4)14-11-20/h10-15,18,22H,8,16-17,19H2,1-6H3/t22-/m0/s1. The van der Waals surface area contributed by atoms with Gasteiger partial charge in [-0.2, -0.15) is 0 Å². The molecule has 1 aromatic carbocycles. The second-order valence-corrected chi connectivity index (χ2v) is 14.4. The maximum atomic E-state index is 6.16. The van der Waals surface area contributed by atoms with Crippen LogP contribution in [0, 0.1) is 11.8 Å². The van der Waals surface area contributed by atoms with Crippen molar-refractivity contribution in [1.82, 2.24) is 4.98 Å². The molecule has 1 aromatic heterocycles. The Morgan fingerprint density at radius 3 is 2.50 bits per heavy atom. The molecule has 170 valence electrons. The highest BCUT2D eigenvalue weighted by molar-refractivity contribution is 6.74. The molecule has 0 aliphatic carbocycles. The van der Waals surface area contributed by atoms with Gasteiger partial charge in [-0.15, -0.1) is 0 Å². The molecular weight excluding hydrogens is 416 g/mol. The number of aromatic nitrogens is 1. The first kappa shape index (κ1) is 24.0. The van der Waals surface area contributed by atoms with Gasteiger partial charge >= 0.3 is 0 Å². The van der Waals surface area contributed by atoms with E-state index in [1.165, 1.54) is 5.56 Å². The fraction of sp³-hybridized carbons (Fsp3) is 0.462. The number of aliphatic imine (C=N–C) groups is 1. The van der Waals surface area contributed by atoms with Crippen LogP contribution in [0.4, 0.5) is 0 Å². The Kier molecular flexibility index (Phi) is 7.76. The first-order valence-corrected chi connectivity index (χ1v) is 14.0. The molecule has 1 aliphatic heterocycles. The largest absolute Gasteiger partial charge is 0.497 e. The second-order valence-electron chi connectivity index (χ2n) is 9.54. The summed E-state index contributed by atoms with van der Waals surface area (Å²) < 4.78 is 17.2. The van der Waals surface area contributed by atoms with Crippen LogP contribution in [0.5, 0.6) is 5.75 Å². The lowest BCUT2D eigenvalue weighted by molar-refractivity contribution is 0.296. The van der Waals surface area contributed by atoms with Gasteiger partial charge in [0.15, 0.2) is 8.32 Å². The Balaban J connectivity index is 1.51. The van der Waals surface area contributed by atoms with Gasteiger partial charge in [-0.3, -0.25) is 0 Å². The van der Waals surface area contributed by atoms with Gasteiger partial charge in [0.25, 0.3) is 0 Å². The van der Waals surface area contributed by atoms with Crippen LogP contribution >= 0.6 is 0 Å². The molecule has 0 unspecified atom stereocenters. The lowest BCUT2D eigenvalue weighted by Gasteiger charge is -2.35. The molecule has 3 rings (SSSR count). The van der Waals surface area contributed by atoms with Crippen molar-refractivity contribution in [3.63, 3.8) is 0 Å². The lowest BCUT2D eigenvalue weighted by atomic mass is 10.1. The monoisotopic (exact) mass is 450 g/mol. The molecule has 2 heterocycles. The van der Waals surface area contributed by atoms with Gasteiger partial charge in [-0.1, -0.05) is 44.7 Å². The zero-order valence-corrected chi connectivity index (χ0v) is 21.1. The molecule has 0 N–H and O–H groups in total. The number of rotatable bonds is 7. The van der Waals surface area contributed by atoms with Crippen molar-refractivity contribution in [1.29, 1.82) is 0 Å². The van der Waals surface area contributed by atoms with Crippen LogP contribution < -0.4 is 4.74 Å². The number of nitrogens with zero attached hydrogens (tertiary/aromatic N) is 2. The third-order valence-electron chi connectivity index (χ3n) is 6.05. The fourth-order valence-electron chi connectivity index (χ4n) is 3.03. The van der Waals surface area contributed by atoms with Gasteiger partial charge in [-0.25, -0.2) is 9.98 Å². The molecular formula is C26H34N2O3Si. The molecule has 0 saturated carbocycles. The minimum atomic E-state index is -1.70. The quantitative estimate of drug-likeness (QED) is 0.329. The lowest BCUT2D eigenvalue weighted by Crippen LogP contribution is -2.40. The van der Waals surface area contributed by atoms with Crippen LogP contribution in [0.2, 0.25) is 18.1 Å². The SMILES string of the molecule is COc1ccc(C[C@H]2COC(c3ccc(C#CCCO[Si](C)(C)C(C)(C)C)cn3)=N2)cc1. The van der Waals surface area contributed by atoms with Crippen molar-refractivity contribution in [2.45, 2.75) is 57.8 Å². The molecule has 1 atom stereocenters. The minimum Gasteiger partial charge on any atom is -0.497 e. The van der Waals surface area contributed by atoms with E-state index >= 15 is 0 Å². The Hall–Kier alpha value is -2.62. The fourth-order valence-corrected chi connectivity index (χ4v) is 4.07. The summed E-state index contributed by atoms with van der Waals surface area (Å²) in [5, 5.41) is 0.221. The van der Waals surface area contributed by atoms with E-state index in [1.54, 1.807) is 13.3 Å². The molecule has 5 nitrogen and oxygen atoms in total. The van der Waals surface area contributed by atoms with E-state index in [9.17, 15) is 0 Å². The van der Waals surface area contributed by atoms with Crippen LogP contribution in [0.3, 0.4) is 0 Å². The summed E-state index contributed by atoms with van der Waals surface area (Å²) in [6, 6.07) is 12.1. The van der Waals surface area contributed by atoms with Gasteiger partial charge in [0.2, 0.25) is 5.90 Å². The van der Waals surface area contributed by atoms with E-state index in [4.69, 9.17) is 18.9 Å². The molecule has 32 heavy (non-hydrogen) atoms. The second kappa shape index (κ2) is 10.3. The van der Waals surface area contributed by atoms with E-state index in [0.717, 1.165) is 29.8 Å². The van der Waals surface area contributed by atoms with Gasteiger partial charge in [0, 0.05) is 24.8 Å². The molecule has 0 radical (unpaired) electrons. The maximum Gasteiger partial charge on any atom is 0.235 e. The summed E-state index contributed by atoms with van der Waals surface area (Å²) >= 11 is 0. The summed E-state index contributed by atoms with van der Waals surface area (Å²) in [5.74, 6) is 7.82. The zero-order chi connectivity index (χ0) is 23.2. The van der Waals surface area contributed by atoms with Gasteiger partial charge in [0.1, 0.15) is 18.1 Å². The van der Waals surface area contributed by atoms with E-state index < -0.39 is 8.32 Å². The van der Waals surface area contributed by atoms with E-state index in [0.29, 0.717) is 19.1 Å². The topological polar surface area (TPSA) is 52.9 Å². The third-order valence-corrected chi connectivity index (χ3v) is 10.6. The summed E-state index contributed by atoms with van der Waals surface area (Å²) in [5.41, 5.74) is 2.84. The summed E-state index contributed by atoms with van der Waals surface area (Å²) in [7, 11) is -0.0333. The maximum absolute atomic E-state index is 6.16. The highest BCUT2D eigenvalue weighted by atomic mass is 28.4. The first-order chi connectivity index (χ1) is 15.2. The van der Waals surface area contributed by atoms with Crippen LogP contribution in [0.25, 0.3) is 0 Å². The summed E-state index contributed by atoms with van der Waals surface area (Å²) in [6.07, 6.45) is 3.32. The van der Waals surface area contributed by atoms with Gasteiger partial charge in [-0.05, 0) is 54.4 Å². The van der Waals surface area contributed by atoms with Crippen molar-refractivity contribution in [3.05, 3.63) is 59.4 Å². The zero-order valence-electron chi connectivity index (χ0n) is 20.1. The Morgan fingerprint density at radius 1 is 1.12 bits per heavy atom. The molecule has 0 amide bonds. The van der Waals surface area contributed by atoms with Crippen LogP contribution in [0.1, 0.15) is 44.0 Å². The van der Waals surface area contributed by atoms with Crippen LogP contribution in [-0.2, 0) is 15.6 Å². The van der Waals surface area contributed by atoms with Crippen molar-refractivity contribution in [2.24, 2.45) is 4.99 Å². The molecule has 2 aromatic rings. The van der Waals surface area contributed by atoms with Crippen molar-refractivity contribution < 1.29 is 13.9 Å². The molecule has 6 heteroatoms. The minimum absolute atomic E-state index is 0.0977.